The smallest absolute Gasteiger partial charge is 0.164 e. The van der Waals surface area contributed by atoms with E-state index in [-0.39, 0.29) is 25.1 Å². The van der Waals surface area contributed by atoms with Gasteiger partial charge in [0.25, 0.3) is 0 Å². The Balaban J connectivity index is 1.86. The summed E-state index contributed by atoms with van der Waals surface area (Å²) in [5, 5.41) is 20.5. The number of imidazole rings is 1. The number of aromatic nitrogens is 2. The van der Waals surface area contributed by atoms with E-state index >= 15 is 0 Å². The molecule has 1 aliphatic rings. The first-order valence-electron chi connectivity index (χ1n) is 8.99. The van der Waals surface area contributed by atoms with Gasteiger partial charge in [0.1, 0.15) is 17.7 Å². The van der Waals surface area contributed by atoms with E-state index in [1.165, 1.54) is 0 Å². The lowest BCUT2D eigenvalue weighted by atomic mass is 10.1. The number of nitrogens with zero attached hydrogens (tertiary/aromatic N) is 2. The zero-order valence-electron chi connectivity index (χ0n) is 15.3. The minimum absolute atomic E-state index is 0.124. The van der Waals surface area contributed by atoms with Crippen LogP contribution in [-0.2, 0) is 15.7 Å². The number of nitrogens with two attached hydrogens (primary N) is 1. The van der Waals surface area contributed by atoms with Gasteiger partial charge in [-0.2, -0.15) is 10.5 Å². The number of aliphatic hydroxyl groups is 2. The van der Waals surface area contributed by atoms with E-state index in [1.807, 2.05) is 12.1 Å². The zero-order valence-corrected chi connectivity index (χ0v) is 17.0. The Hall–Kier alpha value is -1.31. The quantitative estimate of drug-likeness (QED) is 0.349. The summed E-state index contributed by atoms with van der Waals surface area (Å²) in [5.74, 6) is 6.33. The highest BCUT2D eigenvalue weighted by molar-refractivity contribution is 8.14. The third kappa shape index (κ3) is 4.25. The number of anilines is 1. The lowest BCUT2D eigenvalue weighted by molar-refractivity contribution is -0.0287. The number of aliphatic hydroxyl groups excluding tert-OH is 2. The Bertz CT molecular complexity index is 843. The molecule has 0 spiro atoms. The molecule has 0 bridgehead atoms. The van der Waals surface area contributed by atoms with Gasteiger partial charge in [0, 0.05) is 0 Å². The van der Waals surface area contributed by atoms with Crippen LogP contribution in [0.1, 0.15) is 25.1 Å². The normalized spacial score (nSPS) is 26.8. The molecule has 0 radical (unpaired) electrons. The first-order chi connectivity index (χ1) is 13.0. The van der Waals surface area contributed by atoms with Gasteiger partial charge < -0.3 is 25.3 Å². The summed E-state index contributed by atoms with van der Waals surface area (Å²) in [6.45, 7) is 2.15. The van der Waals surface area contributed by atoms with E-state index < -0.39 is 24.5 Å². The topological polar surface area (TPSA) is 111 Å². The molecule has 9 heteroatoms. The molecule has 4 N–H and O–H groups in total. The van der Waals surface area contributed by atoms with Crippen molar-refractivity contribution in [2.45, 2.75) is 44.3 Å². The number of hydrogen-bond acceptors (Lipinski definition) is 6. The molecule has 3 rings (SSSR count). The van der Waals surface area contributed by atoms with Crippen molar-refractivity contribution in [1.29, 1.82) is 0 Å². The Labute approximate surface area is 162 Å². The maximum Gasteiger partial charge on any atom is 0.164 e. The van der Waals surface area contributed by atoms with Gasteiger partial charge in [-0.25, -0.2) is 4.98 Å². The largest absolute Gasteiger partial charge is 0.397 e. The van der Waals surface area contributed by atoms with E-state index in [2.05, 4.69) is 17.8 Å². The van der Waals surface area contributed by atoms with E-state index in [0.717, 1.165) is 35.4 Å². The predicted molar refractivity (Wildman–Crippen MR) is 111 cm³/mol. The van der Waals surface area contributed by atoms with Crippen LogP contribution in [-0.4, -0.2) is 61.6 Å². The minimum Gasteiger partial charge on any atom is -0.397 e. The van der Waals surface area contributed by atoms with Crippen molar-refractivity contribution in [2.24, 2.45) is 0 Å². The second kappa shape index (κ2) is 8.80. The third-order valence-corrected chi connectivity index (χ3v) is 7.13. The Morgan fingerprint density at radius 1 is 1.41 bits per heavy atom. The molecule has 5 atom stereocenters. The van der Waals surface area contributed by atoms with Crippen LogP contribution in [0, 0.1) is 0 Å². The summed E-state index contributed by atoms with van der Waals surface area (Å²) in [4.78, 5) is 4.35. The molecule has 1 saturated heterocycles. The zero-order chi connectivity index (χ0) is 19.6. The molecule has 0 aliphatic carbocycles. The molecule has 1 fully saturated rings. The van der Waals surface area contributed by atoms with Crippen LogP contribution in [0.25, 0.3) is 11.0 Å². The number of aryl methyl sites for hydroxylation is 1. The summed E-state index contributed by atoms with van der Waals surface area (Å²) in [5.41, 5.74) is 9.25. The second-order valence-corrected chi connectivity index (χ2v) is 9.60. The number of nitrogen functional groups attached to an aromatic ring is 1. The molecular weight excluding hydrogens is 385 g/mol. The first kappa shape index (κ1) is 20.4. The van der Waals surface area contributed by atoms with E-state index in [1.54, 1.807) is 10.9 Å². The third-order valence-electron chi connectivity index (χ3n) is 4.94. The lowest BCUT2D eigenvalue weighted by Gasteiger charge is -2.17. The molecule has 7 nitrogen and oxygen atoms in total. The maximum absolute atomic E-state index is 10.9. The van der Waals surface area contributed by atoms with E-state index in [4.69, 9.17) is 10.5 Å². The number of hydrogen-bond donors (Lipinski definition) is 3. The van der Waals surface area contributed by atoms with Crippen LogP contribution in [0.5, 0.6) is 0 Å². The highest BCUT2D eigenvalue weighted by Gasteiger charge is 2.44. The van der Waals surface area contributed by atoms with Crippen LogP contribution in [0.15, 0.2) is 18.5 Å². The molecule has 1 aromatic heterocycles. The van der Waals surface area contributed by atoms with Crippen LogP contribution >= 0.6 is 18.9 Å². The summed E-state index contributed by atoms with van der Waals surface area (Å²) in [6.07, 6.45) is -0.102. The Morgan fingerprint density at radius 2 is 2.19 bits per heavy atom. The van der Waals surface area contributed by atoms with Crippen molar-refractivity contribution in [3.8, 4) is 0 Å². The fraction of sp³-hybridized carbons (Fsp3) is 0.556. The first-order valence-corrected chi connectivity index (χ1v) is 11.7. The van der Waals surface area contributed by atoms with Crippen molar-refractivity contribution in [3.63, 3.8) is 0 Å². The summed E-state index contributed by atoms with van der Waals surface area (Å²) >= 11 is 0. The van der Waals surface area contributed by atoms with Crippen molar-refractivity contribution >= 4 is 41.5 Å². The molecule has 2 aromatic rings. The molecule has 148 valence electrons. The van der Waals surface area contributed by atoms with Crippen molar-refractivity contribution in [2.75, 3.05) is 23.4 Å². The molecule has 1 aliphatic heterocycles. The average Bonchev–Trinajstić information content (AvgIpc) is 3.18. The van der Waals surface area contributed by atoms with Crippen molar-refractivity contribution < 1.29 is 19.5 Å². The standard InChI is InChI=1S/C18H26N3O4PS/c1-3-27(2)6-4-5-11-7-12(19)15-13(8-11)21(10-20-15)18-17(23)16(22)14(25-18)9-26-24/h7-8,10,14,16-18,22-23H,2-6,9,19H2,1H3/t14-,16-,17-,18-,27?/m1/s1. The van der Waals surface area contributed by atoms with Gasteiger partial charge in [0.2, 0.25) is 0 Å². The Morgan fingerprint density at radius 3 is 2.89 bits per heavy atom. The summed E-state index contributed by atoms with van der Waals surface area (Å²) < 4.78 is 18.3. The van der Waals surface area contributed by atoms with Gasteiger partial charge in [-0.05, 0) is 42.0 Å². The van der Waals surface area contributed by atoms with Gasteiger partial charge in [-0.15, -0.1) is 0 Å². The van der Waals surface area contributed by atoms with Crippen LogP contribution in [0.2, 0.25) is 0 Å². The number of benzene rings is 1. The van der Waals surface area contributed by atoms with Gasteiger partial charge in [0.05, 0.1) is 29.8 Å². The molecule has 2 heterocycles. The van der Waals surface area contributed by atoms with E-state index in [0.29, 0.717) is 11.2 Å². The molecular formula is C18H26N3O4PS. The summed E-state index contributed by atoms with van der Waals surface area (Å²) in [7, 11) is 0.0634. The monoisotopic (exact) mass is 411 g/mol. The fourth-order valence-corrected chi connectivity index (χ4v) is 4.67. The summed E-state index contributed by atoms with van der Waals surface area (Å²) in [6, 6.07) is 3.94. The average molecular weight is 411 g/mol. The lowest BCUT2D eigenvalue weighted by Crippen LogP contribution is -2.32. The molecule has 0 amide bonds. The Kier molecular flexibility index (Phi) is 6.65. The van der Waals surface area contributed by atoms with Crippen LogP contribution in [0.4, 0.5) is 5.69 Å². The van der Waals surface area contributed by atoms with Gasteiger partial charge in [0.15, 0.2) is 14.7 Å². The van der Waals surface area contributed by atoms with Gasteiger partial charge >= 0.3 is 0 Å². The van der Waals surface area contributed by atoms with Crippen molar-refractivity contribution in [3.05, 3.63) is 24.0 Å². The van der Waals surface area contributed by atoms with Crippen LogP contribution in [0.3, 0.4) is 0 Å². The number of ether oxygens (including phenoxy) is 1. The fourth-order valence-electron chi connectivity index (χ4n) is 3.38. The number of rotatable bonds is 8. The van der Waals surface area contributed by atoms with Gasteiger partial charge in [-0.1, -0.05) is 12.8 Å². The molecule has 1 aromatic carbocycles. The highest BCUT2D eigenvalue weighted by Crippen LogP contribution is 2.34. The number of fused-ring (bicyclic) bond motifs is 1. The molecule has 0 saturated carbocycles. The van der Waals surface area contributed by atoms with E-state index in [9.17, 15) is 14.8 Å². The van der Waals surface area contributed by atoms with Crippen LogP contribution < -0.4 is 5.73 Å². The van der Waals surface area contributed by atoms with Gasteiger partial charge in [-0.3, -0.25) is 4.57 Å². The maximum atomic E-state index is 10.9. The SMILES string of the molecule is C=S(CC)CCCc1cc(N)c2ncn([C@@H]3O[C@H](CP=O)[C@@H](O)[C@H]3O)c2c1. The molecule has 1 unspecified atom stereocenters. The van der Waals surface area contributed by atoms with Crippen molar-refractivity contribution in [1.82, 2.24) is 9.55 Å². The predicted octanol–water partition coefficient (Wildman–Crippen LogP) is 2.18. The highest BCUT2D eigenvalue weighted by atomic mass is 32.2. The minimum atomic E-state index is -1.13. The second-order valence-electron chi connectivity index (χ2n) is 6.77. The molecule has 27 heavy (non-hydrogen) atoms.